The van der Waals surface area contributed by atoms with Gasteiger partial charge in [0.05, 0.1) is 6.42 Å². The molecular weight excluding hydrogens is 312 g/mol. The minimum atomic E-state index is 0.0312. The van der Waals surface area contributed by atoms with E-state index < -0.39 is 0 Å². The summed E-state index contributed by atoms with van der Waals surface area (Å²) in [5.74, 6) is 3.59. The van der Waals surface area contributed by atoms with Crippen LogP contribution in [0.1, 0.15) is 58.8 Å². The van der Waals surface area contributed by atoms with Gasteiger partial charge in [-0.15, -0.1) is 0 Å². The number of hydrogen-bond donors (Lipinski definition) is 0. The summed E-state index contributed by atoms with van der Waals surface area (Å²) in [4.78, 5) is 23.8. The van der Waals surface area contributed by atoms with Crippen molar-refractivity contribution in [2.24, 2.45) is 45.8 Å². The van der Waals surface area contributed by atoms with Crippen LogP contribution in [0.4, 0.5) is 0 Å². The second-order valence-electron chi connectivity index (χ2n) is 10.3. The van der Waals surface area contributed by atoms with Crippen molar-refractivity contribution in [2.75, 3.05) is 0 Å². The average Bonchev–Trinajstić information content (AvgIpc) is 2.82. The summed E-state index contributed by atoms with van der Waals surface area (Å²) < 4.78 is 5.72. The normalized spacial score (nSPS) is 60.9. The van der Waals surface area contributed by atoms with Crippen LogP contribution in [0.2, 0.25) is 0 Å². The lowest BCUT2D eigenvalue weighted by Gasteiger charge is -2.54. The number of esters is 1. The third-order valence-electron chi connectivity index (χ3n) is 10.2. The van der Waals surface area contributed by atoms with E-state index in [1.807, 2.05) is 6.08 Å². The molecule has 0 aromatic heterocycles. The third kappa shape index (κ3) is 1.42. The van der Waals surface area contributed by atoms with Crippen molar-refractivity contribution in [1.82, 2.24) is 0 Å². The number of carbonyl (C=O) groups excluding carboxylic acids is 2. The van der Waals surface area contributed by atoms with Crippen LogP contribution in [-0.4, -0.2) is 17.9 Å². The Bertz CT molecular complexity index is 725. The molecule has 0 aromatic rings. The quantitative estimate of drug-likeness (QED) is 0.628. The van der Waals surface area contributed by atoms with E-state index in [1.165, 1.54) is 25.7 Å². The van der Waals surface area contributed by atoms with Crippen molar-refractivity contribution >= 4 is 11.8 Å². The van der Waals surface area contributed by atoms with Crippen LogP contribution in [0.25, 0.3) is 0 Å². The second-order valence-corrected chi connectivity index (χ2v) is 10.3. The fourth-order valence-corrected chi connectivity index (χ4v) is 9.25. The maximum absolute atomic E-state index is 12.0. The molecule has 4 saturated carbocycles. The zero-order valence-electron chi connectivity index (χ0n) is 15.3. The molecular formula is C22H28O3. The predicted molar refractivity (Wildman–Crippen MR) is 92.4 cm³/mol. The van der Waals surface area contributed by atoms with E-state index in [4.69, 9.17) is 4.74 Å². The Morgan fingerprint density at radius 1 is 1.08 bits per heavy atom. The van der Waals surface area contributed by atoms with E-state index in [9.17, 15) is 9.59 Å². The highest BCUT2D eigenvalue weighted by Gasteiger charge is 2.82. The lowest BCUT2D eigenvalue weighted by atomic mass is 9.50. The topological polar surface area (TPSA) is 43.4 Å². The first-order chi connectivity index (χ1) is 11.9. The van der Waals surface area contributed by atoms with Gasteiger partial charge in [-0.05, 0) is 72.7 Å². The number of allylic oxidation sites excluding steroid dienone is 2. The second kappa shape index (κ2) is 4.23. The van der Waals surface area contributed by atoms with E-state index in [1.54, 1.807) is 0 Å². The van der Waals surface area contributed by atoms with Crippen LogP contribution >= 0.6 is 0 Å². The van der Waals surface area contributed by atoms with E-state index in [-0.39, 0.29) is 17.5 Å². The van der Waals surface area contributed by atoms with E-state index in [2.05, 4.69) is 19.9 Å². The average molecular weight is 340 g/mol. The molecule has 1 aliphatic heterocycles. The van der Waals surface area contributed by atoms with Crippen molar-refractivity contribution in [1.29, 1.82) is 0 Å². The van der Waals surface area contributed by atoms with Gasteiger partial charge in [0.15, 0.2) is 5.78 Å². The molecule has 3 heteroatoms. The number of hydrogen-bond acceptors (Lipinski definition) is 3. The summed E-state index contributed by atoms with van der Waals surface area (Å²) in [6.45, 7) is 4.92. The van der Waals surface area contributed by atoms with Gasteiger partial charge in [-0.2, -0.15) is 0 Å². The summed E-state index contributed by atoms with van der Waals surface area (Å²) in [5, 5.41) is 0. The summed E-state index contributed by atoms with van der Waals surface area (Å²) in [6.07, 6.45) is 12.0. The molecule has 6 rings (SSSR count). The van der Waals surface area contributed by atoms with Crippen LogP contribution in [0, 0.1) is 45.8 Å². The fraction of sp³-hybridized carbons (Fsp3) is 0.818. The number of rotatable bonds is 0. The largest absolute Gasteiger partial charge is 0.462 e. The van der Waals surface area contributed by atoms with Gasteiger partial charge in [0.25, 0.3) is 0 Å². The maximum Gasteiger partial charge on any atom is 0.306 e. The monoisotopic (exact) mass is 340 g/mol. The molecule has 0 N–H and O–H groups in total. The third-order valence-corrected chi connectivity index (χ3v) is 10.2. The molecule has 5 aliphatic carbocycles. The molecule has 5 fully saturated rings. The van der Waals surface area contributed by atoms with E-state index in [0.717, 1.165) is 24.7 Å². The summed E-state index contributed by atoms with van der Waals surface area (Å²) in [5.41, 5.74) is 1.02. The molecule has 0 bridgehead atoms. The molecule has 9 atom stereocenters. The molecule has 0 aromatic carbocycles. The first-order valence-corrected chi connectivity index (χ1v) is 10.3. The van der Waals surface area contributed by atoms with Crippen LogP contribution < -0.4 is 0 Å². The number of fused-ring (bicyclic) bond motifs is 4. The minimum absolute atomic E-state index is 0.0312. The van der Waals surface area contributed by atoms with Gasteiger partial charge in [0, 0.05) is 17.8 Å². The number of ether oxygens (including phenoxy) is 1. The van der Waals surface area contributed by atoms with Crippen molar-refractivity contribution in [3.8, 4) is 0 Å². The van der Waals surface area contributed by atoms with Crippen LogP contribution in [0.5, 0.6) is 0 Å². The molecule has 3 nitrogen and oxygen atoms in total. The predicted octanol–water partition coefficient (Wildman–Crippen LogP) is 3.92. The van der Waals surface area contributed by atoms with Crippen molar-refractivity contribution in [3.63, 3.8) is 0 Å². The fourth-order valence-electron chi connectivity index (χ4n) is 9.25. The highest BCUT2D eigenvalue weighted by Crippen LogP contribution is 2.87. The number of ketones is 1. The SMILES string of the molecule is CC1C23C=CC(=O)CC2CCC2C4CC5OC(=O)CC5C4(C)CCC213. The van der Waals surface area contributed by atoms with Gasteiger partial charge in [-0.1, -0.05) is 19.9 Å². The van der Waals surface area contributed by atoms with Gasteiger partial charge in [-0.3, -0.25) is 9.59 Å². The van der Waals surface area contributed by atoms with E-state index >= 15 is 0 Å². The Morgan fingerprint density at radius 3 is 2.76 bits per heavy atom. The van der Waals surface area contributed by atoms with E-state index in [0.29, 0.717) is 40.8 Å². The van der Waals surface area contributed by atoms with Crippen LogP contribution in [0.15, 0.2) is 12.2 Å². The molecule has 0 radical (unpaired) electrons. The smallest absolute Gasteiger partial charge is 0.306 e. The molecule has 1 heterocycles. The Kier molecular flexibility index (Phi) is 2.54. The number of carbonyl (C=O) groups is 2. The van der Waals surface area contributed by atoms with Crippen molar-refractivity contribution in [2.45, 2.75) is 64.9 Å². The summed E-state index contributed by atoms with van der Waals surface area (Å²) >= 11 is 0. The standard InChI is InChI=1S/C22H28O3/c1-12-21-6-5-14(23)9-13(21)3-4-15-16-10-18-17(11-19(24)25-18)20(16,2)7-8-22(12,15)21/h5-6,12-13,15-18H,3-4,7-11H2,1-2H3. The lowest BCUT2D eigenvalue weighted by molar-refractivity contribution is -0.142. The maximum atomic E-state index is 12.0. The highest BCUT2D eigenvalue weighted by atomic mass is 16.6. The van der Waals surface area contributed by atoms with Gasteiger partial charge in [-0.25, -0.2) is 0 Å². The molecule has 6 aliphatic rings. The highest BCUT2D eigenvalue weighted by molar-refractivity contribution is 5.91. The Labute approximate surface area is 149 Å². The Hall–Kier alpha value is -1.12. The van der Waals surface area contributed by atoms with Crippen molar-refractivity contribution < 1.29 is 14.3 Å². The van der Waals surface area contributed by atoms with Gasteiger partial charge in [0.2, 0.25) is 0 Å². The lowest BCUT2D eigenvalue weighted by Crippen LogP contribution is -2.48. The zero-order valence-corrected chi connectivity index (χ0v) is 15.3. The Morgan fingerprint density at radius 2 is 1.92 bits per heavy atom. The minimum Gasteiger partial charge on any atom is -0.462 e. The van der Waals surface area contributed by atoms with Gasteiger partial charge >= 0.3 is 5.97 Å². The molecule has 134 valence electrons. The Balaban J connectivity index is 1.41. The molecule has 2 spiro atoms. The molecule has 9 unspecified atom stereocenters. The van der Waals surface area contributed by atoms with Crippen molar-refractivity contribution in [3.05, 3.63) is 12.2 Å². The first-order valence-electron chi connectivity index (χ1n) is 10.3. The molecule has 1 saturated heterocycles. The van der Waals surface area contributed by atoms with Gasteiger partial charge < -0.3 is 4.74 Å². The van der Waals surface area contributed by atoms with Crippen LogP contribution in [-0.2, 0) is 14.3 Å². The molecule has 25 heavy (non-hydrogen) atoms. The summed E-state index contributed by atoms with van der Waals surface area (Å²) in [6, 6.07) is 0. The first kappa shape index (κ1) is 15.0. The molecule has 0 amide bonds. The van der Waals surface area contributed by atoms with Crippen LogP contribution in [0.3, 0.4) is 0 Å². The summed E-state index contributed by atoms with van der Waals surface area (Å²) in [7, 11) is 0. The zero-order chi connectivity index (χ0) is 17.2. The van der Waals surface area contributed by atoms with Gasteiger partial charge in [0.1, 0.15) is 6.10 Å².